The van der Waals surface area contributed by atoms with Crippen molar-refractivity contribution >= 4 is 31.6 Å². The molecular weight excluding hydrogens is 328 g/mol. The van der Waals surface area contributed by atoms with Crippen LogP contribution < -0.4 is 10.0 Å². The molecule has 0 amide bonds. The lowest BCUT2D eigenvalue weighted by atomic mass is 10.2. The number of rotatable bonds is 8. The maximum atomic E-state index is 11.9. The predicted molar refractivity (Wildman–Crippen MR) is 84.1 cm³/mol. The van der Waals surface area contributed by atoms with Crippen LogP contribution in [0.4, 0.5) is 5.69 Å². The van der Waals surface area contributed by atoms with Gasteiger partial charge in [-0.25, -0.2) is 8.42 Å². The van der Waals surface area contributed by atoms with Crippen LogP contribution in [0.5, 0.6) is 0 Å². The first-order valence-electron chi connectivity index (χ1n) is 6.42. The van der Waals surface area contributed by atoms with Crippen molar-refractivity contribution < 1.29 is 8.42 Å². The summed E-state index contributed by atoms with van der Waals surface area (Å²) in [6.45, 7) is 5.63. The number of aryl methyl sites for hydroxylation is 1. The molecular formula is C13H21BrN2O2S. The number of anilines is 1. The lowest BCUT2D eigenvalue weighted by molar-refractivity contribution is 0.593. The van der Waals surface area contributed by atoms with Gasteiger partial charge in [-0.2, -0.15) is 0 Å². The van der Waals surface area contributed by atoms with Crippen LogP contribution in [0.2, 0.25) is 0 Å². The summed E-state index contributed by atoms with van der Waals surface area (Å²) in [6, 6.07) is 5.49. The SMILES string of the molecule is CCCNCCCS(=O)(=O)Nc1ccc(Br)cc1C. The highest BCUT2D eigenvalue weighted by Gasteiger charge is 2.11. The van der Waals surface area contributed by atoms with E-state index < -0.39 is 10.0 Å². The van der Waals surface area contributed by atoms with E-state index in [0.29, 0.717) is 12.1 Å². The lowest BCUT2D eigenvalue weighted by Crippen LogP contribution is -2.22. The van der Waals surface area contributed by atoms with E-state index in [-0.39, 0.29) is 5.75 Å². The first-order valence-corrected chi connectivity index (χ1v) is 8.86. The summed E-state index contributed by atoms with van der Waals surface area (Å²) < 4.78 is 27.4. The smallest absolute Gasteiger partial charge is 0.232 e. The number of nitrogens with one attached hydrogen (secondary N) is 2. The number of sulfonamides is 1. The van der Waals surface area contributed by atoms with Crippen molar-refractivity contribution in [2.24, 2.45) is 0 Å². The summed E-state index contributed by atoms with van der Waals surface area (Å²) in [4.78, 5) is 0. The van der Waals surface area contributed by atoms with E-state index in [2.05, 4.69) is 32.9 Å². The van der Waals surface area contributed by atoms with Gasteiger partial charge in [0.15, 0.2) is 0 Å². The summed E-state index contributed by atoms with van der Waals surface area (Å²) >= 11 is 3.36. The molecule has 0 atom stereocenters. The molecule has 0 aliphatic rings. The van der Waals surface area contributed by atoms with Gasteiger partial charge in [-0.15, -0.1) is 0 Å². The first-order chi connectivity index (χ1) is 8.94. The Morgan fingerprint density at radius 1 is 1.26 bits per heavy atom. The van der Waals surface area contributed by atoms with Gasteiger partial charge in [0.25, 0.3) is 0 Å². The number of benzene rings is 1. The second-order valence-corrected chi connectivity index (χ2v) is 7.24. The molecule has 0 heterocycles. The summed E-state index contributed by atoms with van der Waals surface area (Å²) in [6.07, 6.45) is 1.67. The van der Waals surface area contributed by atoms with Crippen LogP contribution >= 0.6 is 15.9 Å². The van der Waals surface area contributed by atoms with Crippen molar-refractivity contribution in [3.63, 3.8) is 0 Å². The van der Waals surface area contributed by atoms with Crippen LogP contribution in [-0.4, -0.2) is 27.3 Å². The van der Waals surface area contributed by atoms with Gasteiger partial charge in [0, 0.05) is 4.47 Å². The molecule has 1 aromatic carbocycles. The zero-order valence-electron chi connectivity index (χ0n) is 11.4. The Morgan fingerprint density at radius 3 is 2.63 bits per heavy atom. The standard InChI is InChI=1S/C13H21BrN2O2S/c1-3-7-15-8-4-9-19(17,18)16-13-6-5-12(14)10-11(13)2/h5-6,10,15-16H,3-4,7-9H2,1-2H3. The molecule has 2 N–H and O–H groups in total. The Balaban J connectivity index is 2.50. The van der Waals surface area contributed by atoms with E-state index in [1.807, 2.05) is 19.1 Å². The number of hydrogen-bond donors (Lipinski definition) is 2. The Labute approximate surface area is 124 Å². The van der Waals surface area contributed by atoms with Crippen molar-refractivity contribution in [2.45, 2.75) is 26.7 Å². The second kappa shape index (κ2) is 7.87. The van der Waals surface area contributed by atoms with Crippen LogP contribution in [0.15, 0.2) is 22.7 Å². The summed E-state index contributed by atoms with van der Waals surface area (Å²) in [7, 11) is -3.26. The van der Waals surface area contributed by atoms with E-state index >= 15 is 0 Å². The third kappa shape index (κ3) is 6.40. The van der Waals surface area contributed by atoms with Crippen molar-refractivity contribution in [1.29, 1.82) is 0 Å². The molecule has 0 radical (unpaired) electrons. The van der Waals surface area contributed by atoms with Crippen LogP contribution in [0.3, 0.4) is 0 Å². The lowest BCUT2D eigenvalue weighted by Gasteiger charge is -2.11. The zero-order chi connectivity index (χ0) is 14.3. The summed E-state index contributed by atoms with van der Waals surface area (Å²) in [5.74, 6) is 0.138. The average molecular weight is 349 g/mol. The molecule has 0 bridgehead atoms. The summed E-state index contributed by atoms with van der Waals surface area (Å²) in [5, 5.41) is 3.19. The fourth-order valence-electron chi connectivity index (χ4n) is 1.65. The first kappa shape index (κ1) is 16.5. The molecule has 0 aromatic heterocycles. The Kier molecular flexibility index (Phi) is 6.82. The predicted octanol–water partition coefficient (Wildman–Crippen LogP) is 2.89. The Morgan fingerprint density at radius 2 is 2.00 bits per heavy atom. The van der Waals surface area contributed by atoms with Crippen LogP contribution in [0.1, 0.15) is 25.3 Å². The van der Waals surface area contributed by atoms with Crippen LogP contribution in [0.25, 0.3) is 0 Å². The van der Waals surface area contributed by atoms with Gasteiger partial charge in [-0.3, -0.25) is 4.72 Å². The normalized spacial score (nSPS) is 11.5. The minimum absolute atomic E-state index is 0.138. The summed E-state index contributed by atoms with van der Waals surface area (Å²) in [5.41, 5.74) is 1.55. The molecule has 0 aliphatic carbocycles. The molecule has 0 unspecified atom stereocenters. The van der Waals surface area contributed by atoms with Crippen LogP contribution in [0, 0.1) is 6.92 Å². The van der Waals surface area contributed by atoms with Gasteiger partial charge in [-0.05, 0) is 56.6 Å². The molecule has 1 rings (SSSR count). The highest BCUT2D eigenvalue weighted by Crippen LogP contribution is 2.21. The molecule has 0 spiro atoms. The fourth-order valence-corrected chi connectivity index (χ4v) is 3.32. The van der Waals surface area contributed by atoms with Crippen LogP contribution in [-0.2, 0) is 10.0 Å². The third-order valence-corrected chi connectivity index (χ3v) is 4.50. The van der Waals surface area contributed by atoms with Gasteiger partial charge in [0.05, 0.1) is 11.4 Å². The second-order valence-electron chi connectivity index (χ2n) is 4.48. The van der Waals surface area contributed by atoms with Gasteiger partial charge >= 0.3 is 0 Å². The molecule has 0 saturated carbocycles. The molecule has 1 aromatic rings. The maximum Gasteiger partial charge on any atom is 0.232 e. The minimum atomic E-state index is -3.26. The van der Waals surface area contributed by atoms with E-state index in [4.69, 9.17) is 0 Å². The molecule has 4 nitrogen and oxygen atoms in total. The van der Waals surface area contributed by atoms with E-state index in [0.717, 1.165) is 29.5 Å². The third-order valence-electron chi connectivity index (χ3n) is 2.65. The van der Waals surface area contributed by atoms with Gasteiger partial charge in [0.2, 0.25) is 10.0 Å². The van der Waals surface area contributed by atoms with Crippen molar-refractivity contribution in [3.05, 3.63) is 28.2 Å². The minimum Gasteiger partial charge on any atom is -0.317 e. The van der Waals surface area contributed by atoms with Crippen molar-refractivity contribution in [2.75, 3.05) is 23.6 Å². The monoisotopic (exact) mass is 348 g/mol. The zero-order valence-corrected chi connectivity index (χ0v) is 13.8. The number of hydrogen-bond acceptors (Lipinski definition) is 3. The number of halogens is 1. The fraction of sp³-hybridized carbons (Fsp3) is 0.538. The largest absolute Gasteiger partial charge is 0.317 e. The van der Waals surface area contributed by atoms with Crippen molar-refractivity contribution in [3.8, 4) is 0 Å². The quantitative estimate of drug-likeness (QED) is 0.710. The Hall–Kier alpha value is -0.590. The molecule has 19 heavy (non-hydrogen) atoms. The molecule has 0 saturated heterocycles. The van der Waals surface area contributed by atoms with Gasteiger partial charge in [-0.1, -0.05) is 22.9 Å². The van der Waals surface area contributed by atoms with E-state index in [1.54, 1.807) is 6.07 Å². The molecule has 6 heteroatoms. The highest BCUT2D eigenvalue weighted by atomic mass is 79.9. The average Bonchev–Trinajstić information content (AvgIpc) is 2.32. The highest BCUT2D eigenvalue weighted by molar-refractivity contribution is 9.10. The van der Waals surface area contributed by atoms with Crippen molar-refractivity contribution in [1.82, 2.24) is 5.32 Å². The van der Waals surface area contributed by atoms with Gasteiger partial charge < -0.3 is 5.32 Å². The van der Waals surface area contributed by atoms with Gasteiger partial charge in [0.1, 0.15) is 0 Å². The van der Waals surface area contributed by atoms with E-state index in [9.17, 15) is 8.42 Å². The Bertz CT molecular complexity index is 503. The maximum absolute atomic E-state index is 11.9. The topological polar surface area (TPSA) is 58.2 Å². The van der Waals surface area contributed by atoms with E-state index in [1.165, 1.54) is 0 Å². The molecule has 108 valence electrons. The molecule has 0 aliphatic heterocycles. The molecule has 0 fully saturated rings.